The third kappa shape index (κ3) is 3.26. The van der Waals surface area contributed by atoms with Crippen molar-refractivity contribution in [2.75, 3.05) is 12.0 Å². The summed E-state index contributed by atoms with van der Waals surface area (Å²) in [6.45, 7) is 1.96. The van der Waals surface area contributed by atoms with Crippen LogP contribution in [0.5, 0.6) is 11.5 Å². The topological polar surface area (TPSA) is 69.4 Å². The van der Waals surface area contributed by atoms with Crippen molar-refractivity contribution in [3.63, 3.8) is 0 Å². The SMILES string of the molecule is Cc1cccc(Oc2ccc(S(C)(=O)=O)cc2N)c1. The van der Waals surface area contributed by atoms with Crippen molar-refractivity contribution in [3.8, 4) is 11.5 Å². The van der Waals surface area contributed by atoms with Crippen molar-refractivity contribution in [1.29, 1.82) is 0 Å². The molecule has 0 unspecified atom stereocenters. The van der Waals surface area contributed by atoms with Crippen LogP contribution in [0.15, 0.2) is 47.4 Å². The van der Waals surface area contributed by atoms with Gasteiger partial charge in [0, 0.05) is 6.26 Å². The summed E-state index contributed by atoms with van der Waals surface area (Å²) in [6, 6.07) is 12.0. The lowest BCUT2D eigenvalue weighted by Crippen LogP contribution is -1.99. The molecule has 5 heteroatoms. The number of ether oxygens (including phenoxy) is 1. The van der Waals surface area contributed by atoms with Crippen LogP contribution in [0.25, 0.3) is 0 Å². The molecule has 0 aliphatic carbocycles. The summed E-state index contributed by atoms with van der Waals surface area (Å²) < 4.78 is 28.4. The first kappa shape index (κ1) is 13.4. The molecule has 2 N–H and O–H groups in total. The van der Waals surface area contributed by atoms with E-state index < -0.39 is 9.84 Å². The lowest BCUT2D eigenvalue weighted by molar-refractivity contribution is 0.484. The lowest BCUT2D eigenvalue weighted by atomic mass is 10.2. The van der Waals surface area contributed by atoms with Gasteiger partial charge in [-0.15, -0.1) is 0 Å². The molecular formula is C14H15NO3S. The smallest absolute Gasteiger partial charge is 0.175 e. The number of nitrogen functional groups attached to an aromatic ring is 1. The van der Waals surface area contributed by atoms with E-state index in [9.17, 15) is 8.42 Å². The maximum Gasteiger partial charge on any atom is 0.175 e. The molecule has 2 aromatic carbocycles. The minimum absolute atomic E-state index is 0.182. The van der Waals surface area contributed by atoms with Gasteiger partial charge in [0.05, 0.1) is 10.6 Å². The standard InChI is InChI=1S/C14H15NO3S/c1-10-4-3-5-11(8-10)18-14-7-6-12(9-13(14)15)19(2,16)17/h3-9H,15H2,1-2H3. The zero-order valence-corrected chi connectivity index (χ0v) is 11.6. The Morgan fingerprint density at radius 2 is 1.84 bits per heavy atom. The Morgan fingerprint density at radius 3 is 2.42 bits per heavy atom. The second-order valence-corrected chi connectivity index (χ2v) is 6.41. The van der Waals surface area contributed by atoms with Crippen LogP contribution >= 0.6 is 0 Å². The van der Waals surface area contributed by atoms with Crippen LogP contribution in [-0.2, 0) is 9.84 Å². The summed E-state index contributed by atoms with van der Waals surface area (Å²) in [5.41, 5.74) is 7.18. The average molecular weight is 277 g/mol. The first-order valence-electron chi connectivity index (χ1n) is 5.70. The highest BCUT2D eigenvalue weighted by atomic mass is 32.2. The fourth-order valence-corrected chi connectivity index (χ4v) is 2.31. The van der Waals surface area contributed by atoms with Crippen LogP contribution in [0.3, 0.4) is 0 Å². The van der Waals surface area contributed by atoms with Gasteiger partial charge in [0.2, 0.25) is 0 Å². The maximum absolute atomic E-state index is 11.4. The summed E-state index contributed by atoms with van der Waals surface area (Å²) in [7, 11) is -3.26. The fraction of sp³-hybridized carbons (Fsp3) is 0.143. The first-order chi connectivity index (χ1) is 8.86. The van der Waals surface area contributed by atoms with Crippen molar-refractivity contribution < 1.29 is 13.2 Å². The number of benzene rings is 2. The molecule has 0 heterocycles. The predicted molar refractivity (Wildman–Crippen MR) is 75.2 cm³/mol. The summed E-state index contributed by atoms with van der Waals surface area (Å²) in [4.78, 5) is 0.182. The molecule has 0 fully saturated rings. The number of rotatable bonds is 3. The van der Waals surface area contributed by atoms with Gasteiger partial charge in [0.25, 0.3) is 0 Å². The van der Waals surface area contributed by atoms with E-state index in [1.54, 1.807) is 6.07 Å². The van der Waals surface area contributed by atoms with E-state index in [1.165, 1.54) is 12.1 Å². The molecule has 0 aromatic heterocycles. The molecule has 4 nitrogen and oxygen atoms in total. The van der Waals surface area contributed by atoms with Crippen LogP contribution < -0.4 is 10.5 Å². The van der Waals surface area contributed by atoms with E-state index in [4.69, 9.17) is 10.5 Å². The van der Waals surface area contributed by atoms with Crippen molar-refractivity contribution in [2.45, 2.75) is 11.8 Å². The Morgan fingerprint density at radius 1 is 1.11 bits per heavy atom. The van der Waals surface area contributed by atoms with E-state index >= 15 is 0 Å². The third-order valence-electron chi connectivity index (χ3n) is 2.63. The van der Waals surface area contributed by atoms with Crippen molar-refractivity contribution in [2.24, 2.45) is 0 Å². The van der Waals surface area contributed by atoms with Crippen molar-refractivity contribution in [3.05, 3.63) is 48.0 Å². The van der Waals surface area contributed by atoms with Crippen LogP contribution in [0.4, 0.5) is 5.69 Å². The molecule has 100 valence electrons. The van der Waals surface area contributed by atoms with Gasteiger partial charge >= 0.3 is 0 Å². The van der Waals surface area contributed by atoms with Gasteiger partial charge in [-0.2, -0.15) is 0 Å². The van der Waals surface area contributed by atoms with Gasteiger partial charge in [0.15, 0.2) is 9.84 Å². The molecule has 0 bridgehead atoms. The minimum Gasteiger partial charge on any atom is -0.455 e. The highest BCUT2D eigenvalue weighted by molar-refractivity contribution is 7.90. The van der Waals surface area contributed by atoms with Crippen molar-refractivity contribution in [1.82, 2.24) is 0 Å². The zero-order valence-electron chi connectivity index (χ0n) is 10.8. The second-order valence-electron chi connectivity index (χ2n) is 4.39. The number of aryl methyl sites for hydroxylation is 1. The van der Waals surface area contributed by atoms with Gasteiger partial charge in [-0.1, -0.05) is 12.1 Å². The molecule has 0 saturated heterocycles. The fourth-order valence-electron chi connectivity index (χ4n) is 1.66. The van der Waals surface area contributed by atoms with Gasteiger partial charge in [-0.25, -0.2) is 8.42 Å². The number of sulfone groups is 1. The van der Waals surface area contributed by atoms with Gasteiger partial charge < -0.3 is 10.5 Å². The van der Waals surface area contributed by atoms with E-state index in [1.807, 2.05) is 31.2 Å². The second kappa shape index (κ2) is 4.93. The average Bonchev–Trinajstić information content (AvgIpc) is 2.30. The molecule has 0 aliphatic rings. The maximum atomic E-state index is 11.4. The van der Waals surface area contributed by atoms with Crippen LogP contribution in [-0.4, -0.2) is 14.7 Å². The molecule has 2 rings (SSSR count). The minimum atomic E-state index is -3.26. The number of anilines is 1. The Hall–Kier alpha value is -2.01. The Balaban J connectivity index is 2.32. The summed E-state index contributed by atoms with van der Waals surface area (Å²) in [5.74, 6) is 1.11. The Bertz CT molecular complexity index is 708. The molecule has 19 heavy (non-hydrogen) atoms. The highest BCUT2D eigenvalue weighted by Crippen LogP contribution is 2.29. The molecule has 0 amide bonds. The Kier molecular flexibility index (Phi) is 3.48. The summed E-state index contributed by atoms with van der Waals surface area (Å²) >= 11 is 0. The van der Waals surface area contributed by atoms with Crippen LogP contribution in [0, 0.1) is 6.92 Å². The summed E-state index contributed by atoms with van der Waals surface area (Å²) in [5, 5.41) is 0. The molecule has 0 spiro atoms. The normalized spacial score (nSPS) is 11.3. The van der Waals surface area contributed by atoms with Crippen LogP contribution in [0.1, 0.15) is 5.56 Å². The van der Waals surface area contributed by atoms with E-state index in [-0.39, 0.29) is 4.90 Å². The van der Waals surface area contributed by atoms with E-state index in [2.05, 4.69) is 0 Å². The largest absolute Gasteiger partial charge is 0.455 e. The number of nitrogens with two attached hydrogens (primary N) is 1. The van der Waals surface area contributed by atoms with E-state index in [0.717, 1.165) is 11.8 Å². The van der Waals surface area contributed by atoms with Gasteiger partial charge in [-0.3, -0.25) is 0 Å². The Labute approximate surface area is 112 Å². The third-order valence-corrected chi connectivity index (χ3v) is 3.74. The lowest BCUT2D eigenvalue weighted by Gasteiger charge is -2.10. The molecule has 0 atom stereocenters. The zero-order chi connectivity index (χ0) is 14.0. The number of hydrogen-bond acceptors (Lipinski definition) is 4. The molecule has 0 saturated carbocycles. The number of hydrogen-bond donors (Lipinski definition) is 1. The quantitative estimate of drug-likeness (QED) is 0.876. The molecule has 2 aromatic rings. The van der Waals surface area contributed by atoms with Crippen molar-refractivity contribution >= 4 is 15.5 Å². The van der Waals surface area contributed by atoms with E-state index in [0.29, 0.717) is 17.2 Å². The predicted octanol–water partition coefficient (Wildman–Crippen LogP) is 2.77. The van der Waals surface area contributed by atoms with Gasteiger partial charge in [-0.05, 0) is 42.8 Å². The monoisotopic (exact) mass is 277 g/mol. The highest BCUT2D eigenvalue weighted by Gasteiger charge is 2.10. The van der Waals surface area contributed by atoms with Gasteiger partial charge in [0.1, 0.15) is 11.5 Å². The van der Waals surface area contributed by atoms with Crippen LogP contribution in [0.2, 0.25) is 0 Å². The molecular weight excluding hydrogens is 262 g/mol. The molecule has 0 aliphatic heterocycles. The first-order valence-corrected chi connectivity index (χ1v) is 7.59. The summed E-state index contributed by atoms with van der Waals surface area (Å²) in [6.07, 6.45) is 1.14. The molecule has 0 radical (unpaired) electrons.